The Morgan fingerprint density at radius 3 is 2.50 bits per heavy atom. The lowest BCUT2D eigenvalue weighted by Crippen LogP contribution is -2.45. The summed E-state index contributed by atoms with van der Waals surface area (Å²) < 4.78 is 11.8. The van der Waals surface area contributed by atoms with Crippen LogP contribution in [0.2, 0.25) is 0 Å². The van der Waals surface area contributed by atoms with Crippen molar-refractivity contribution < 1.29 is 19.1 Å². The maximum atomic E-state index is 13.3. The molecule has 1 N–H and O–H groups in total. The molecule has 1 heterocycles. The van der Waals surface area contributed by atoms with Crippen molar-refractivity contribution in [2.24, 2.45) is 5.92 Å². The predicted molar refractivity (Wildman–Crippen MR) is 125 cm³/mol. The monoisotopic (exact) mass is 439 g/mol. The summed E-state index contributed by atoms with van der Waals surface area (Å²) in [6, 6.07) is 14.3. The normalized spacial score (nSPS) is 22.8. The minimum Gasteiger partial charge on any atom is -0.491 e. The number of methoxy groups -OCH3 is 1. The van der Waals surface area contributed by atoms with E-state index in [1.807, 2.05) is 18.2 Å². The van der Waals surface area contributed by atoms with Crippen molar-refractivity contribution in [1.82, 2.24) is 9.80 Å². The summed E-state index contributed by atoms with van der Waals surface area (Å²) >= 11 is 0. The van der Waals surface area contributed by atoms with E-state index >= 15 is 0 Å². The van der Waals surface area contributed by atoms with Gasteiger partial charge in [0.05, 0.1) is 11.7 Å². The Bertz CT molecular complexity index is 934. The fourth-order valence-electron chi connectivity index (χ4n) is 3.83. The minimum absolute atomic E-state index is 0.0941. The third-order valence-electron chi connectivity index (χ3n) is 6.05. The molecule has 0 saturated heterocycles. The predicted octanol–water partition coefficient (Wildman–Crippen LogP) is 3.37. The Morgan fingerprint density at radius 2 is 1.81 bits per heavy atom. The van der Waals surface area contributed by atoms with Crippen LogP contribution in [0.25, 0.3) is 0 Å². The number of fused-ring (bicyclic) bond motifs is 1. The van der Waals surface area contributed by atoms with E-state index in [1.54, 1.807) is 49.4 Å². The van der Waals surface area contributed by atoms with Crippen LogP contribution in [0.3, 0.4) is 0 Å². The van der Waals surface area contributed by atoms with Gasteiger partial charge in [0.25, 0.3) is 11.8 Å². The molecule has 3 atom stereocenters. The van der Waals surface area contributed by atoms with Gasteiger partial charge in [-0.1, -0.05) is 25.1 Å². The van der Waals surface area contributed by atoms with Crippen LogP contribution in [0, 0.1) is 5.92 Å². The van der Waals surface area contributed by atoms with Crippen LogP contribution in [-0.4, -0.2) is 74.7 Å². The van der Waals surface area contributed by atoms with Gasteiger partial charge in [-0.25, -0.2) is 0 Å². The van der Waals surface area contributed by atoms with Crippen LogP contribution in [0.5, 0.6) is 5.75 Å². The van der Waals surface area contributed by atoms with Gasteiger partial charge in [-0.3, -0.25) is 14.5 Å². The molecule has 0 bridgehead atoms. The van der Waals surface area contributed by atoms with E-state index in [0.717, 1.165) is 6.54 Å². The molecule has 0 saturated carbocycles. The van der Waals surface area contributed by atoms with Crippen molar-refractivity contribution in [2.75, 3.05) is 46.2 Å². The van der Waals surface area contributed by atoms with Crippen LogP contribution in [-0.2, 0) is 4.74 Å². The highest BCUT2D eigenvalue weighted by atomic mass is 16.5. The number of anilines is 1. The number of rotatable bonds is 3. The molecule has 0 spiro atoms. The smallest absolute Gasteiger partial charge is 0.257 e. The van der Waals surface area contributed by atoms with Crippen LogP contribution >= 0.6 is 0 Å². The number of carbonyl (C=O) groups excluding carboxylic acids is 2. The molecule has 0 fully saturated rings. The molecule has 1 aliphatic rings. The van der Waals surface area contributed by atoms with Gasteiger partial charge < -0.3 is 19.7 Å². The first-order chi connectivity index (χ1) is 15.3. The molecule has 2 aromatic rings. The molecular formula is C25H33N3O4. The maximum absolute atomic E-state index is 13.3. The Kier molecular flexibility index (Phi) is 7.88. The highest BCUT2D eigenvalue weighted by Crippen LogP contribution is 2.26. The lowest BCUT2D eigenvalue weighted by atomic mass is 10.0. The summed E-state index contributed by atoms with van der Waals surface area (Å²) in [5, 5.41) is 2.87. The van der Waals surface area contributed by atoms with Gasteiger partial charge in [-0.2, -0.15) is 0 Å². The highest BCUT2D eigenvalue weighted by Gasteiger charge is 2.27. The molecule has 172 valence electrons. The zero-order chi connectivity index (χ0) is 23.3. The average Bonchev–Trinajstić information content (AvgIpc) is 2.80. The summed E-state index contributed by atoms with van der Waals surface area (Å²) in [5.41, 5.74) is 1.50. The topological polar surface area (TPSA) is 71.1 Å². The quantitative estimate of drug-likeness (QED) is 0.794. The Labute approximate surface area is 190 Å². The van der Waals surface area contributed by atoms with Gasteiger partial charge >= 0.3 is 0 Å². The minimum atomic E-state index is -0.232. The van der Waals surface area contributed by atoms with Gasteiger partial charge in [0, 0.05) is 44.5 Å². The average molecular weight is 440 g/mol. The van der Waals surface area contributed by atoms with Gasteiger partial charge in [0.15, 0.2) is 0 Å². The van der Waals surface area contributed by atoms with Crippen molar-refractivity contribution in [3.05, 3.63) is 59.7 Å². The molecule has 0 unspecified atom stereocenters. The van der Waals surface area contributed by atoms with Crippen LogP contribution in [0.15, 0.2) is 48.5 Å². The summed E-state index contributed by atoms with van der Waals surface area (Å²) in [6.07, 6.45) is -0.0941. The number of amides is 2. The molecule has 3 rings (SSSR count). The lowest BCUT2D eigenvalue weighted by molar-refractivity contribution is 0.0150. The van der Waals surface area contributed by atoms with Crippen molar-refractivity contribution >= 4 is 17.5 Å². The van der Waals surface area contributed by atoms with Crippen molar-refractivity contribution in [1.29, 1.82) is 0 Å². The van der Waals surface area contributed by atoms with E-state index in [2.05, 4.69) is 31.1 Å². The number of nitrogens with zero attached hydrogens (tertiary/aromatic N) is 2. The Hall–Kier alpha value is -2.90. The van der Waals surface area contributed by atoms with E-state index < -0.39 is 0 Å². The number of ether oxygens (including phenoxy) is 2. The molecular weight excluding hydrogens is 406 g/mol. The molecule has 0 radical (unpaired) electrons. The fraction of sp³-hybridized carbons (Fsp3) is 0.440. The van der Waals surface area contributed by atoms with Crippen molar-refractivity contribution in [2.45, 2.75) is 26.0 Å². The molecule has 7 nitrogen and oxygen atoms in total. The molecule has 32 heavy (non-hydrogen) atoms. The number of nitrogens with one attached hydrogen (secondary N) is 1. The zero-order valence-corrected chi connectivity index (χ0v) is 19.5. The van der Waals surface area contributed by atoms with Crippen molar-refractivity contribution in [3.63, 3.8) is 0 Å². The fourth-order valence-corrected chi connectivity index (χ4v) is 3.83. The largest absolute Gasteiger partial charge is 0.491 e. The number of hydrogen-bond donors (Lipinski definition) is 1. The Balaban J connectivity index is 1.91. The lowest BCUT2D eigenvalue weighted by Gasteiger charge is -2.34. The third-order valence-corrected chi connectivity index (χ3v) is 6.05. The van der Waals surface area contributed by atoms with Gasteiger partial charge in [-0.05, 0) is 50.2 Å². The van der Waals surface area contributed by atoms with Gasteiger partial charge in [0.2, 0.25) is 0 Å². The van der Waals surface area contributed by atoms with Crippen molar-refractivity contribution in [3.8, 4) is 5.75 Å². The Morgan fingerprint density at radius 1 is 1.09 bits per heavy atom. The van der Waals surface area contributed by atoms with E-state index in [4.69, 9.17) is 9.47 Å². The standard InChI is InChI=1S/C25H33N3O4/c1-17-14-27(3)18(2)16-32-22-12-11-20(26-24(29)19-9-7-6-8-10-19)13-21(22)25(30)28(4)15-23(17)31-5/h6-13,17-18,23H,14-16H2,1-5H3,(H,26,29)/t17-,18-,23+/m0/s1. The van der Waals surface area contributed by atoms with Gasteiger partial charge in [-0.15, -0.1) is 0 Å². The van der Waals surface area contributed by atoms with Crippen LogP contribution in [0.1, 0.15) is 34.6 Å². The number of benzene rings is 2. The first-order valence-electron chi connectivity index (χ1n) is 10.9. The summed E-state index contributed by atoms with van der Waals surface area (Å²) in [4.78, 5) is 29.8. The van der Waals surface area contributed by atoms with Crippen LogP contribution < -0.4 is 10.1 Å². The molecule has 2 amide bonds. The third kappa shape index (κ3) is 5.66. The number of carbonyl (C=O) groups is 2. The summed E-state index contributed by atoms with van der Waals surface area (Å²) in [7, 11) is 5.52. The van der Waals surface area contributed by atoms with Crippen LogP contribution in [0.4, 0.5) is 5.69 Å². The maximum Gasteiger partial charge on any atom is 0.257 e. The number of hydrogen-bond acceptors (Lipinski definition) is 5. The van der Waals surface area contributed by atoms with E-state index in [0.29, 0.717) is 35.7 Å². The second kappa shape index (κ2) is 10.6. The van der Waals surface area contributed by atoms with E-state index in [-0.39, 0.29) is 29.9 Å². The zero-order valence-electron chi connectivity index (χ0n) is 19.5. The molecule has 1 aliphatic heterocycles. The highest BCUT2D eigenvalue weighted by molar-refractivity contribution is 6.05. The summed E-state index contributed by atoms with van der Waals surface area (Å²) in [5.74, 6) is 0.330. The molecule has 0 aromatic heterocycles. The molecule has 2 aromatic carbocycles. The molecule has 0 aliphatic carbocycles. The second-order valence-corrected chi connectivity index (χ2v) is 8.57. The van der Waals surface area contributed by atoms with E-state index in [9.17, 15) is 9.59 Å². The van der Waals surface area contributed by atoms with Gasteiger partial charge in [0.1, 0.15) is 12.4 Å². The number of likely N-dealkylation sites (N-methyl/N-ethyl adjacent to an activating group) is 2. The first kappa shape index (κ1) is 23.8. The second-order valence-electron chi connectivity index (χ2n) is 8.57. The SMILES string of the molecule is CO[C@@H]1CN(C)C(=O)c2cc(NC(=O)c3ccccc3)ccc2OC[C@H](C)N(C)C[C@@H]1C. The molecule has 7 heteroatoms. The van der Waals surface area contributed by atoms with E-state index in [1.165, 1.54) is 0 Å². The first-order valence-corrected chi connectivity index (χ1v) is 10.9. The summed E-state index contributed by atoms with van der Waals surface area (Å²) in [6.45, 7) is 5.97.